The summed E-state index contributed by atoms with van der Waals surface area (Å²) >= 11 is 0. The molecule has 0 atom stereocenters. The number of hydrogen-bond acceptors (Lipinski definition) is 6. The molecule has 0 unspecified atom stereocenters. The molecule has 1 N–H and O–H groups in total. The van der Waals surface area contributed by atoms with Gasteiger partial charge in [-0.2, -0.15) is 0 Å². The van der Waals surface area contributed by atoms with Crippen molar-refractivity contribution in [3.8, 4) is 0 Å². The minimum atomic E-state index is -0.404. The maximum Gasteiger partial charge on any atom is 0.314 e. The summed E-state index contributed by atoms with van der Waals surface area (Å²) in [5.74, 6) is 0.329. The lowest BCUT2D eigenvalue weighted by Gasteiger charge is -2.07. The fourth-order valence-electron chi connectivity index (χ4n) is 1.69. The summed E-state index contributed by atoms with van der Waals surface area (Å²) in [6, 6.07) is 1.63. The number of pyridine rings is 1. The maximum absolute atomic E-state index is 11.0. The number of ether oxygens (including phenoxy) is 2. The zero-order valence-electron chi connectivity index (χ0n) is 11.9. The Hall–Kier alpha value is -1.73. The van der Waals surface area contributed by atoms with Crippen LogP contribution in [0.1, 0.15) is 18.4 Å². The Morgan fingerprint density at radius 1 is 1.35 bits per heavy atom. The normalized spacial score (nSPS) is 10.5. The van der Waals surface area contributed by atoms with E-state index >= 15 is 0 Å². The van der Waals surface area contributed by atoms with Crippen LogP contribution in [0.15, 0.2) is 12.3 Å². The molecule has 20 heavy (non-hydrogen) atoms. The molecule has 0 spiro atoms. The summed E-state index contributed by atoms with van der Waals surface area (Å²) in [4.78, 5) is 14.6. The number of nitrogens with zero attached hydrogens (tertiary/aromatic N) is 2. The number of nitro groups is 1. The van der Waals surface area contributed by atoms with Crippen LogP contribution in [0.3, 0.4) is 0 Å². The van der Waals surface area contributed by atoms with Gasteiger partial charge in [-0.1, -0.05) is 0 Å². The molecule has 0 aliphatic rings. The number of anilines is 1. The monoisotopic (exact) mass is 283 g/mol. The van der Waals surface area contributed by atoms with Crippen molar-refractivity contribution in [3.05, 3.63) is 27.9 Å². The summed E-state index contributed by atoms with van der Waals surface area (Å²) in [5, 5.41) is 14.0. The van der Waals surface area contributed by atoms with Gasteiger partial charge in [0.1, 0.15) is 0 Å². The minimum absolute atomic E-state index is 0.0452. The molecule has 1 aromatic rings. The largest absolute Gasteiger partial charge is 0.382 e. The molecule has 0 aliphatic carbocycles. The van der Waals surface area contributed by atoms with Gasteiger partial charge in [-0.25, -0.2) is 4.98 Å². The molecule has 0 bridgehead atoms. The quantitative estimate of drug-likeness (QED) is 0.402. The van der Waals surface area contributed by atoms with Gasteiger partial charge in [0.15, 0.2) is 0 Å². The van der Waals surface area contributed by atoms with Gasteiger partial charge in [0, 0.05) is 32.0 Å². The van der Waals surface area contributed by atoms with Crippen molar-refractivity contribution in [1.29, 1.82) is 0 Å². The van der Waals surface area contributed by atoms with E-state index in [0.717, 1.165) is 12.8 Å². The van der Waals surface area contributed by atoms with E-state index in [4.69, 9.17) is 9.47 Å². The van der Waals surface area contributed by atoms with Gasteiger partial charge >= 0.3 is 5.69 Å². The second-order valence-electron chi connectivity index (χ2n) is 4.32. The van der Waals surface area contributed by atoms with Crippen molar-refractivity contribution in [3.63, 3.8) is 0 Å². The van der Waals surface area contributed by atoms with Gasteiger partial charge in [-0.15, -0.1) is 0 Å². The van der Waals surface area contributed by atoms with Crippen LogP contribution in [0.25, 0.3) is 0 Å². The van der Waals surface area contributed by atoms with Crippen molar-refractivity contribution in [1.82, 2.24) is 4.98 Å². The Kier molecular flexibility index (Phi) is 7.52. The first-order chi connectivity index (χ1) is 9.66. The number of aryl methyl sites for hydroxylation is 1. The molecule has 7 nitrogen and oxygen atoms in total. The zero-order chi connectivity index (χ0) is 14.8. The number of unbranched alkanes of at least 4 members (excludes halogenated alkanes) is 1. The summed E-state index contributed by atoms with van der Waals surface area (Å²) < 4.78 is 10.2. The van der Waals surface area contributed by atoms with Crippen molar-refractivity contribution < 1.29 is 14.4 Å². The molecule has 0 aromatic carbocycles. The average molecular weight is 283 g/mol. The Bertz CT molecular complexity index is 426. The van der Waals surface area contributed by atoms with Crippen LogP contribution in [-0.2, 0) is 9.47 Å². The molecule has 0 amide bonds. The van der Waals surface area contributed by atoms with Gasteiger partial charge in [-0.3, -0.25) is 10.1 Å². The number of hydrogen-bond donors (Lipinski definition) is 1. The second-order valence-corrected chi connectivity index (χ2v) is 4.32. The van der Waals surface area contributed by atoms with Crippen molar-refractivity contribution in [2.24, 2.45) is 0 Å². The standard InChI is InChI=1S/C13H21N3O4/c1-11-5-7-15-13(12(11)16(17)18)14-6-3-4-8-20-10-9-19-2/h5,7H,3-4,6,8-10H2,1-2H3,(H,14,15). The highest BCUT2D eigenvalue weighted by Crippen LogP contribution is 2.25. The Morgan fingerprint density at radius 2 is 2.15 bits per heavy atom. The van der Waals surface area contributed by atoms with Crippen molar-refractivity contribution >= 4 is 11.5 Å². The molecular formula is C13H21N3O4. The van der Waals surface area contributed by atoms with E-state index < -0.39 is 4.92 Å². The van der Waals surface area contributed by atoms with Gasteiger partial charge in [0.25, 0.3) is 0 Å². The Balaban J connectivity index is 2.29. The lowest BCUT2D eigenvalue weighted by molar-refractivity contribution is -0.384. The highest BCUT2D eigenvalue weighted by molar-refractivity contribution is 5.59. The molecule has 7 heteroatoms. The van der Waals surface area contributed by atoms with Gasteiger partial charge in [0.05, 0.1) is 18.1 Å². The third-order valence-corrected chi connectivity index (χ3v) is 2.75. The highest BCUT2D eigenvalue weighted by Gasteiger charge is 2.17. The number of nitrogens with one attached hydrogen (secondary N) is 1. The van der Waals surface area contributed by atoms with Crippen molar-refractivity contribution in [2.45, 2.75) is 19.8 Å². The van der Waals surface area contributed by atoms with E-state index in [1.54, 1.807) is 26.3 Å². The molecule has 112 valence electrons. The van der Waals surface area contributed by atoms with E-state index in [2.05, 4.69) is 10.3 Å². The Labute approximate surface area is 118 Å². The predicted molar refractivity (Wildman–Crippen MR) is 76.0 cm³/mol. The van der Waals surface area contributed by atoms with E-state index in [1.807, 2.05) is 0 Å². The molecule has 0 aliphatic heterocycles. The molecule has 1 heterocycles. The molecule has 0 fully saturated rings. The average Bonchev–Trinajstić information content (AvgIpc) is 2.41. The summed E-state index contributed by atoms with van der Waals surface area (Å²) in [7, 11) is 1.63. The number of methoxy groups -OCH3 is 1. The van der Waals surface area contributed by atoms with Crippen LogP contribution in [0.5, 0.6) is 0 Å². The fraction of sp³-hybridized carbons (Fsp3) is 0.615. The van der Waals surface area contributed by atoms with E-state index in [9.17, 15) is 10.1 Å². The second kappa shape index (κ2) is 9.22. The first kappa shape index (κ1) is 16.3. The summed E-state index contributed by atoms with van der Waals surface area (Å²) in [6.45, 7) is 4.18. The van der Waals surface area contributed by atoms with Crippen molar-refractivity contribution in [2.75, 3.05) is 38.8 Å². The summed E-state index contributed by atoms with van der Waals surface area (Å²) in [5.41, 5.74) is 0.652. The van der Waals surface area contributed by atoms with Gasteiger partial charge in [-0.05, 0) is 25.8 Å². The Morgan fingerprint density at radius 3 is 2.85 bits per heavy atom. The topological polar surface area (TPSA) is 86.5 Å². The van der Waals surface area contributed by atoms with Crippen LogP contribution in [0.2, 0.25) is 0 Å². The van der Waals surface area contributed by atoms with E-state index in [0.29, 0.717) is 37.7 Å². The number of rotatable bonds is 10. The molecule has 1 rings (SSSR count). The lowest BCUT2D eigenvalue weighted by Crippen LogP contribution is -2.09. The first-order valence-electron chi connectivity index (χ1n) is 6.57. The molecular weight excluding hydrogens is 262 g/mol. The van der Waals surface area contributed by atoms with Crippen LogP contribution in [0.4, 0.5) is 11.5 Å². The van der Waals surface area contributed by atoms with E-state index in [-0.39, 0.29) is 5.69 Å². The maximum atomic E-state index is 11.0. The third kappa shape index (κ3) is 5.50. The molecule has 1 aromatic heterocycles. The first-order valence-corrected chi connectivity index (χ1v) is 6.57. The van der Waals surface area contributed by atoms with Gasteiger partial charge in [0.2, 0.25) is 5.82 Å². The smallest absolute Gasteiger partial charge is 0.314 e. The molecule has 0 saturated carbocycles. The van der Waals surface area contributed by atoms with E-state index in [1.165, 1.54) is 0 Å². The number of aromatic nitrogens is 1. The fourth-order valence-corrected chi connectivity index (χ4v) is 1.69. The predicted octanol–water partition coefficient (Wildman–Crippen LogP) is 2.15. The SMILES string of the molecule is COCCOCCCCNc1nccc(C)c1[N+](=O)[O-]. The summed E-state index contributed by atoms with van der Waals surface area (Å²) in [6.07, 6.45) is 3.31. The van der Waals surface area contributed by atoms with Crippen LogP contribution in [-0.4, -0.2) is 43.4 Å². The lowest BCUT2D eigenvalue weighted by atomic mass is 10.2. The van der Waals surface area contributed by atoms with Crippen LogP contribution < -0.4 is 5.32 Å². The zero-order valence-corrected chi connectivity index (χ0v) is 11.9. The minimum Gasteiger partial charge on any atom is -0.382 e. The molecule has 0 saturated heterocycles. The molecule has 0 radical (unpaired) electrons. The van der Waals surface area contributed by atoms with Gasteiger partial charge < -0.3 is 14.8 Å². The van der Waals surface area contributed by atoms with Crippen LogP contribution >= 0.6 is 0 Å². The third-order valence-electron chi connectivity index (χ3n) is 2.75. The highest BCUT2D eigenvalue weighted by atomic mass is 16.6. The van der Waals surface area contributed by atoms with Crippen LogP contribution in [0, 0.1) is 17.0 Å².